The van der Waals surface area contributed by atoms with Crippen LogP contribution in [0.2, 0.25) is 0 Å². The van der Waals surface area contributed by atoms with Crippen LogP contribution in [0.1, 0.15) is 39.2 Å². The second kappa shape index (κ2) is 8.34. The summed E-state index contributed by atoms with van der Waals surface area (Å²) in [6.07, 6.45) is 3.72. The molecule has 0 saturated carbocycles. The predicted molar refractivity (Wildman–Crippen MR) is 106 cm³/mol. The van der Waals surface area contributed by atoms with E-state index in [1.54, 1.807) is 11.0 Å². The van der Waals surface area contributed by atoms with E-state index in [1.165, 1.54) is 24.3 Å². The lowest BCUT2D eigenvalue weighted by Crippen LogP contribution is -2.41. The summed E-state index contributed by atoms with van der Waals surface area (Å²) in [6, 6.07) is 5.83. The number of allylic oxidation sites excluding steroid dienone is 1. The minimum atomic E-state index is -3.34. The molecule has 1 heterocycles. The van der Waals surface area contributed by atoms with Crippen LogP contribution in [0.4, 0.5) is 4.79 Å². The Bertz CT molecular complexity index is 857. The average Bonchev–Trinajstić information content (AvgIpc) is 2.58. The highest BCUT2D eigenvalue weighted by Gasteiger charge is 2.27. The van der Waals surface area contributed by atoms with Gasteiger partial charge in [0.1, 0.15) is 5.60 Å². The molecular formula is C20H27NO6S. The van der Waals surface area contributed by atoms with Crippen LogP contribution in [0.15, 0.2) is 35.2 Å². The summed E-state index contributed by atoms with van der Waals surface area (Å²) in [5, 5.41) is 9.58. The Balaban J connectivity index is 2.10. The third kappa shape index (κ3) is 6.09. The smallest absolute Gasteiger partial charge is 0.410 e. The number of sulfone groups is 1. The molecular weight excluding hydrogens is 382 g/mol. The zero-order chi connectivity index (χ0) is 21.1. The van der Waals surface area contributed by atoms with Gasteiger partial charge in [0.05, 0.1) is 10.5 Å². The van der Waals surface area contributed by atoms with Gasteiger partial charge in [-0.3, -0.25) is 0 Å². The van der Waals surface area contributed by atoms with E-state index in [9.17, 15) is 23.1 Å². The number of amides is 1. The van der Waals surface area contributed by atoms with Crippen LogP contribution in [0.25, 0.3) is 5.57 Å². The lowest BCUT2D eigenvalue weighted by molar-refractivity contribution is -0.130. The number of piperidine rings is 1. The van der Waals surface area contributed by atoms with Crippen LogP contribution in [-0.4, -0.2) is 55.4 Å². The van der Waals surface area contributed by atoms with Crippen LogP contribution in [0, 0.1) is 5.92 Å². The lowest BCUT2D eigenvalue weighted by Gasteiger charge is -2.32. The molecule has 0 aliphatic carbocycles. The first-order valence-corrected chi connectivity index (χ1v) is 11.0. The van der Waals surface area contributed by atoms with E-state index in [0.29, 0.717) is 31.5 Å². The van der Waals surface area contributed by atoms with Gasteiger partial charge in [0.15, 0.2) is 9.84 Å². The fraction of sp³-hybridized carbons (Fsp3) is 0.500. The molecule has 0 spiro atoms. The molecule has 1 aliphatic heterocycles. The fourth-order valence-corrected chi connectivity index (χ4v) is 3.61. The van der Waals surface area contributed by atoms with E-state index in [0.717, 1.165) is 6.26 Å². The highest BCUT2D eigenvalue weighted by atomic mass is 32.2. The van der Waals surface area contributed by atoms with Crippen molar-refractivity contribution in [3.8, 4) is 0 Å². The second-order valence-electron chi connectivity index (χ2n) is 7.99. The highest BCUT2D eigenvalue weighted by molar-refractivity contribution is 7.90. The number of ether oxygens (including phenoxy) is 1. The molecule has 0 radical (unpaired) electrons. The van der Waals surface area contributed by atoms with Gasteiger partial charge in [0.25, 0.3) is 0 Å². The van der Waals surface area contributed by atoms with E-state index < -0.39 is 21.4 Å². The van der Waals surface area contributed by atoms with Crippen molar-refractivity contribution >= 4 is 27.5 Å². The molecule has 1 amide bonds. The van der Waals surface area contributed by atoms with Crippen molar-refractivity contribution in [1.82, 2.24) is 4.90 Å². The Morgan fingerprint density at radius 2 is 1.68 bits per heavy atom. The zero-order valence-electron chi connectivity index (χ0n) is 16.6. The van der Waals surface area contributed by atoms with Crippen molar-refractivity contribution in [2.45, 2.75) is 44.1 Å². The SMILES string of the molecule is CC(C)(C)OC(=O)N1CCC(/C=C(\C(=O)O)c2ccc(S(C)(=O)=O)cc2)CC1. The molecule has 28 heavy (non-hydrogen) atoms. The number of carboxylic acid groups (broad SMARTS) is 1. The van der Waals surface area contributed by atoms with Gasteiger partial charge in [0, 0.05) is 19.3 Å². The normalized spacial score (nSPS) is 16.7. The molecule has 1 fully saturated rings. The van der Waals surface area contributed by atoms with Gasteiger partial charge in [-0.2, -0.15) is 0 Å². The van der Waals surface area contributed by atoms with E-state index in [2.05, 4.69) is 0 Å². The minimum Gasteiger partial charge on any atom is -0.478 e. The third-order valence-electron chi connectivity index (χ3n) is 4.42. The number of benzene rings is 1. The monoisotopic (exact) mass is 409 g/mol. The summed E-state index contributed by atoms with van der Waals surface area (Å²) in [5.74, 6) is -1.05. The number of rotatable bonds is 4. The summed E-state index contributed by atoms with van der Waals surface area (Å²) in [5.41, 5.74) is 0.0351. The molecule has 1 aromatic rings. The van der Waals surface area contributed by atoms with Crippen molar-refractivity contribution in [1.29, 1.82) is 0 Å². The molecule has 2 rings (SSSR count). The van der Waals surface area contributed by atoms with Crippen molar-refractivity contribution in [2.24, 2.45) is 5.92 Å². The Kier molecular flexibility index (Phi) is 6.54. The van der Waals surface area contributed by atoms with E-state index in [-0.39, 0.29) is 22.5 Å². The number of hydrogen-bond donors (Lipinski definition) is 1. The molecule has 7 nitrogen and oxygen atoms in total. The first-order valence-electron chi connectivity index (χ1n) is 9.10. The molecule has 0 aromatic heterocycles. The molecule has 8 heteroatoms. The summed E-state index contributed by atoms with van der Waals surface area (Å²) in [4.78, 5) is 25.6. The van der Waals surface area contributed by atoms with E-state index in [4.69, 9.17) is 4.74 Å². The topological polar surface area (TPSA) is 101 Å². The maximum absolute atomic E-state index is 12.1. The van der Waals surface area contributed by atoms with Crippen molar-refractivity contribution < 1.29 is 27.9 Å². The third-order valence-corrected chi connectivity index (χ3v) is 5.55. The maximum Gasteiger partial charge on any atom is 0.410 e. The first kappa shape index (κ1) is 21.9. The van der Waals surface area contributed by atoms with Crippen molar-refractivity contribution in [3.63, 3.8) is 0 Å². The molecule has 0 unspecified atom stereocenters. The summed E-state index contributed by atoms with van der Waals surface area (Å²) < 4.78 is 28.5. The van der Waals surface area contributed by atoms with E-state index in [1.807, 2.05) is 20.8 Å². The van der Waals surface area contributed by atoms with Gasteiger partial charge in [-0.05, 0) is 57.2 Å². The largest absolute Gasteiger partial charge is 0.478 e. The van der Waals surface area contributed by atoms with Crippen LogP contribution < -0.4 is 0 Å². The second-order valence-corrected chi connectivity index (χ2v) is 10.0. The zero-order valence-corrected chi connectivity index (χ0v) is 17.5. The van der Waals surface area contributed by atoms with Gasteiger partial charge in [-0.15, -0.1) is 0 Å². The number of carbonyl (C=O) groups excluding carboxylic acids is 1. The molecule has 0 bridgehead atoms. The molecule has 1 saturated heterocycles. The number of aliphatic carboxylic acids is 1. The number of hydrogen-bond acceptors (Lipinski definition) is 5. The quantitative estimate of drug-likeness (QED) is 0.767. The van der Waals surface area contributed by atoms with Gasteiger partial charge in [-0.1, -0.05) is 18.2 Å². The van der Waals surface area contributed by atoms with Crippen molar-refractivity contribution in [3.05, 3.63) is 35.9 Å². The molecule has 154 valence electrons. The number of likely N-dealkylation sites (tertiary alicyclic amines) is 1. The Hall–Kier alpha value is -2.35. The van der Waals surface area contributed by atoms with Gasteiger partial charge < -0.3 is 14.7 Å². The summed E-state index contributed by atoms with van der Waals surface area (Å²) in [6.45, 7) is 6.43. The number of carboxylic acids is 1. The van der Waals surface area contributed by atoms with Crippen LogP contribution >= 0.6 is 0 Å². The first-order chi connectivity index (χ1) is 12.9. The summed E-state index contributed by atoms with van der Waals surface area (Å²) in [7, 11) is -3.34. The maximum atomic E-state index is 12.1. The Morgan fingerprint density at radius 1 is 1.14 bits per heavy atom. The fourth-order valence-electron chi connectivity index (χ4n) is 2.98. The molecule has 1 aliphatic rings. The average molecular weight is 410 g/mol. The molecule has 1 N–H and O–H groups in total. The van der Waals surface area contributed by atoms with Gasteiger partial charge in [0.2, 0.25) is 0 Å². The van der Waals surface area contributed by atoms with Gasteiger partial charge in [-0.25, -0.2) is 18.0 Å². The van der Waals surface area contributed by atoms with E-state index >= 15 is 0 Å². The van der Waals surface area contributed by atoms with Gasteiger partial charge >= 0.3 is 12.1 Å². The number of nitrogens with zero attached hydrogens (tertiary/aromatic N) is 1. The van der Waals surface area contributed by atoms with Crippen LogP contribution in [-0.2, 0) is 19.4 Å². The predicted octanol–water partition coefficient (Wildman–Crippen LogP) is 3.21. The number of carbonyl (C=O) groups is 2. The molecule has 0 atom stereocenters. The Labute approximate surface area is 165 Å². The molecule has 1 aromatic carbocycles. The Morgan fingerprint density at radius 3 is 2.11 bits per heavy atom. The standard InChI is InChI=1S/C20H27NO6S/c1-20(2,3)27-19(24)21-11-9-14(10-12-21)13-17(18(22)23)15-5-7-16(8-6-15)28(4,25)26/h5-8,13-14H,9-12H2,1-4H3,(H,22,23)/b17-13-. The minimum absolute atomic E-state index is 0.0133. The van der Waals surface area contributed by atoms with Crippen molar-refractivity contribution in [2.75, 3.05) is 19.3 Å². The summed E-state index contributed by atoms with van der Waals surface area (Å²) >= 11 is 0. The van der Waals surface area contributed by atoms with Crippen LogP contribution in [0.3, 0.4) is 0 Å². The lowest BCUT2D eigenvalue weighted by atomic mass is 9.92. The van der Waals surface area contributed by atoms with Crippen LogP contribution in [0.5, 0.6) is 0 Å². The highest BCUT2D eigenvalue weighted by Crippen LogP contribution is 2.26.